The van der Waals surface area contributed by atoms with Crippen LogP contribution in [0.1, 0.15) is 24.1 Å². The van der Waals surface area contributed by atoms with Gasteiger partial charge in [-0.25, -0.2) is 0 Å². The van der Waals surface area contributed by atoms with Crippen LogP contribution in [-0.2, 0) is 13.7 Å². The molecule has 108 valence electrons. The van der Waals surface area contributed by atoms with Crippen molar-refractivity contribution in [3.8, 4) is 11.5 Å². The number of benzene rings is 1. The van der Waals surface area contributed by atoms with Gasteiger partial charge in [-0.3, -0.25) is 4.68 Å². The van der Waals surface area contributed by atoms with Gasteiger partial charge in [0.1, 0.15) is 6.61 Å². The lowest BCUT2D eigenvalue weighted by Gasteiger charge is -2.15. The monoisotopic (exact) mass is 275 g/mol. The molecule has 1 N–H and O–H groups in total. The van der Waals surface area contributed by atoms with Crippen molar-refractivity contribution >= 4 is 0 Å². The van der Waals surface area contributed by atoms with Gasteiger partial charge in [-0.2, -0.15) is 5.10 Å². The Labute approximate surface area is 119 Å². The van der Waals surface area contributed by atoms with Crippen LogP contribution in [0.2, 0.25) is 0 Å². The first-order valence-corrected chi connectivity index (χ1v) is 6.59. The molecule has 5 heteroatoms. The predicted octanol–water partition coefficient (Wildman–Crippen LogP) is 2.29. The molecule has 0 aliphatic carbocycles. The molecular weight excluding hydrogens is 254 g/mol. The fraction of sp³-hybridized carbons (Fsp3) is 0.400. The van der Waals surface area contributed by atoms with E-state index in [2.05, 4.69) is 17.3 Å². The molecule has 0 saturated carbocycles. The van der Waals surface area contributed by atoms with Crippen molar-refractivity contribution in [1.82, 2.24) is 15.1 Å². The van der Waals surface area contributed by atoms with Gasteiger partial charge in [0.15, 0.2) is 11.5 Å². The minimum absolute atomic E-state index is 0.274. The standard InChI is InChI=1S/C15H21N3O2/c1-11(16-2)13-5-6-14(15(7-13)19-4)20-10-12-8-17-18(3)9-12/h5-9,11,16H,10H2,1-4H3. The second kappa shape index (κ2) is 6.43. The molecule has 1 atom stereocenters. The Morgan fingerprint density at radius 3 is 2.75 bits per heavy atom. The zero-order valence-corrected chi connectivity index (χ0v) is 12.4. The summed E-state index contributed by atoms with van der Waals surface area (Å²) in [4.78, 5) is 0. The van der Waals surface area contributed by atoms with E-state index in [-0.39, 0.29) is 6.04 Å². The second-order valence-corrected chi connectivity index (χ2v) is 4.73. The number of nitrogens with zero attached hydrogens (tertiary/aromatic N) is 2. The Bertz CT molecular complexity index is 566. The van der Waals surface area contributed by atoms with E-state index < -0.39 is 0 Å². The quantitative estimate of drug-likeness (QED) is 0.878. The van der Waals surface area contributed by atoms with Crippen LogP contribution in [0.25, 0.3) is 0 Å². The first kappa shape index (κ1) is 14.4. The van der Waals surface area contributed by atoms with Crippen LogP contribution in [0.5, 0.6) is 11.5 Å². The van der Waals surface area contributed by atoms with Crippen molar-refractivity contribution in [1.29, 1.82) is 0 Å². The number of aryl methyl sites for hydroxylation is 1. The van der Waals surface area contributed by atoms with E-state index >= 15 is 0 Å². The van der Waals surface area contributed by atoms with E-state index in [1.807, 2.05) is 38.5 Å². The van der Waals surface area contributed by atoms with Gasteiger partial charge in [0.05, 0.1) is 13.3 Å². The third-order valence-corrected chi connectivity index (χ3v) is 3.27. The van der Waals surface area contributed by atoms with Gasteiger partial charge < -0.3 is 14.8 Å². The summed E-state index contributed by atoms with van der Waals surface area (Å²) in [6.45, 7) is 2.58. The number of nitrogens with one attached hydrogen (secondary N) is 1. The average Bonchev–Trinajstić information content (AvgIpc) is 2.89. The smallest absolute Gasteiger partial charge is 0.161 e. The summed E-state index contributed by atoms with van der Waals surface area (Å²) in [6.07, 6.45) is 3.73. The predicted molar refractivity (Wildman–Crippen MR) is 78.0 cm³/mol. The number of aromatic nitrogens is 2. The molecule has 0 aliphatic heterocycles. The van der Waals surface area contributed by atoms with Crippen LogP contribution in [-0.4, -0.2) is 23.9 Å². The zero-order valence-electron chi connectivity index (χ0n) is 12.4. The van der Waals surface area contributed by atoms with Crippen LogP contribution in [0.3, 0.4) is 0 Å². The molecule has 1 unspecified atom stereocenters. The van der Waals surface area contributed by atoms with Gasteiger partial charge in [-0.05, 0) is 31.7 Å². The van der Waals surface area contributed by atoms with E-state index in [0.29, 0.717) is 6.61 Å². The summed E-state index contributed by atoms with van der Waals surface area (Å²) < 4.78 is 13.0. The second-order valence-electron chi connectivity index (χ2n) is 4.73. The van der Waals surface area contributed by atoms with Gasteiger partial charge in [0.2, 0.25) is 0 Å². The number of hydrogen-bond donors (Lipinski definition) is 1. The molecule has 0 saturated heterocycles. The minimum Gasteiger partial charge on any atom is -0.493 e. The fourth-order valence-corrected chi connectivity index (χ4v) is 1.95. The Balaban J connectivity index is 2.11. The van der Waals surface area contributed by atoms with Crippen LogP contribution in [0, 0.1) is 0 Å². The van der Waals surface area contributed by atoms with Gasteiger partial charge in [0.25, 0.3) is 0 Å². The highest BCUT2D eigenvalue weighted by Gasteiger charge is 2.09. The normalized spacial score (nSPS) is 12.2. The topological polar surface area (TPSA) is 48.3 Å². The molecule has 2 rings (SSSR count). The van der Waals surface area contributed by atoms with E-state index in [1.54, 1.807) is 18.0 Å². The molecule has 0 spiro atoms. The maximum absolute atomic E-state index is 5.80. The molecule has 1 aromatic carbocycles. The third kappa shape index (κ3) is 3.30. The first-order chi connectivity index (χ1) is 9.63. The van der Waals surface area contributed by atoms with Gasteiger partial charge in [0, 0.05) is 24.8 Å². The maximum atomic E-state index is 5.80. The van der Waals surface area contributed by atoms with Gasteiger partial charge in [-0.1, -0.05) is 6.07 Å². The van der Waals surface area contributed by atoms with Crippen molar-refractivity contribution < 1.29 is 9.47 Å². The van der Waals surface area contributed by atoms with Crippen LogP contribution < -0.4 is 14.8 Å². The largest absolute Gasteiger partial charge is 0.493 e. The van der Waals surface area contributed by atoms with Crippen molar-refractivity contribution in [3.63, 3.8) is 0 Å². The summed E-state index contributed by atoms with van der Waals surface area (Å²) in [5, 5.41) is 7.32. The molecule has 0 aliphatic rings. The molecule has 0 amide bonds. The Morgan fingerprint density at radius 2 is 2.15 bits per heavy atom. The third-order valence-electron chi connectivity index (χ3n) is 3.27. The van der Waals surface area contributed by atoms with E-state index in [0.717, 1.165) is 22.6 Å². The van der Waals surface area contributed by atoms with Gasteiger partial charge in [-0.15, -0.1) is 0 Å². The summed E-state index contributed by atoms with van der Waals surface area (Å²) in [5.41, 5.74) is 2.19. The molecule has 5 nitrogen and oxygen atoms in total. The highest BCUT2D eigenvalue weighted by atomic mass is 16.5. The molecule has 0 radical (unpaired) electrons. The lowest BCUT2D eigenvalue weighted by molar-refractivity contribution is 0.284. The highest BCUT2D eigenvalue weighted by molar-refractivity contribution is 5.43. The van der Waals surface area contributed by atoms with Crippen molar-refractivity contribution in [2.45, 2.75) is 19.6 Å². The number of ether oxygens (including phenoxy) is 2. The zero-order chi connectivity index (χ0) is 14.5. The minimum atomic E-state index is 0.274. The molecule has 1 heterocycles. The van der Waals surface area contributed by atoms with Crippen molar-refractivity contribution in [2.24, 2.45) is 7.05 Å². The van der Waals surface area contributed by atoms with Crippen molar-refractivity contribution in [3.05, 3.63) is 41.7 Å². The molecule has 1 aromatic heterocycles. The maximum Gasteiger partial charge on any atom is 0.161 e. The van der Waals surface area contributed by atoms with Crippen LogP contribution in [0.15, 0.2) is 30.6 Å². The summed E-state index contributed by atoms with van der Waals surface area (Å²) in [5.74, 6) is 1.48. The SMILES string of the molecule is CNC(C)c1ccc(OCc2cnn(C)c2)c(OC)c1. The molecular formula is C15H21N3O2. The van der Waals surface area contributed by atoms with Gasteiger partial charge >= 0.3 is 0 Å². The number of rotatable bonds is 6. The van der Waals surface area contributed by atoms with Crippen LogP contribution >= 0.6 is 0 Å². The summed E-state index contributed by atoms with van der Waals surface area (Å²) in [6, 6.07) is 6.26. The van der Waals surface area contributed by atoms with Crippen LogP contribution in [0.4, 0.5) is 0 Å². The number of methoxy groups -OCH3 is 1. The van der Waals surface area contributed by atoms with E-state index in [4.69, 9.17) is 9.47 Å². The average molecular weight is 275 g/mol. The number of hydrogen-bond acceptors (Lipinski definition) is 4. The molecule has 20 heavy (non-hydrogen) atoms. The Morgan fingerprint density at radius 1 is 1.35 bits per heavy atom. The summed E-state index contributed by atoms with van der Waals surface area (Å²) >= 11 is 0. The van der Waals surface area contributed by atoms with E-state index in [1.165, 1.54) is 0 Å². The molecule has 0 bridgehead atoms. The van der Waals surface area contributed by atoms with E-state index in [9.17, 15) is 0 Å². The Kier molecular flexibility index (Phi) is 4.63. The highest BCUT2D eigenvalue weighted by Crippen LogP contribution is 2.30. The summed E-state index contributed by atoms with van der Waals surface area (Å²) in [7, 11) is 5.47. The fourth-order valence-electron chi connectivity index (χ4n) is 1.95. The lowest BCUT2D eigenvalue weighted by Crippen LogP contribution is -2.12. The first-order valence-electron chi connectivity index (χ1n) is 6.59. The molecule has 2 aromatic rings. The molecule has 0 fully saturated rings. The van der Waals surface area contributed by atoms with Crippen molar-refractivity contribution in [2.75, 3.05) is 14.2 Å². The lowest BCUT2D eigenvalue weighted by atomic mass is 10.1. The Hall–Kier alpha value is -2.01.